The number of nitrogens with one attached hydrogen (secondary N) is 2. The van der Waals surface area contributed by atoms with E-state index in [1.54, 1.807) is 6.20 Å². The number of aromatic nitrogens is 3. The van der Waals surface area contributed by atoms with E-state index in [0.717, 1.165) is 71.9 Å². The summed E-state index contributed by atoms with van der Waals surface area (Å²) in [6.07, 6.45) is 7.49. The molecule has 1 fully saturated rings. The van der Waals surface area contributed by atoms with Crippen LogP contribution in [0.4, 0.5) is 23.0 Å². The van der Waals surface area contributed by atoms with Crippen molar-refractivity contribution < 1.29 is 9.53 Å². The number of halogens is 1. The number of hydrogen-bond donors (Lipinski definition) is 2. The lowest BCUT2D eigenvalue weighted by atomic mass is 10.1. The number of hydrogen-bond acceptors (Lipinski definition) is 7. The third-order valence-corrected chi connectivity index (χ3v) is 8.12. The molecule has 2 aromatic carbocycles. The van der Waals surface area contributed by atoms with Crippen molar-refractivity contribution in [2.24, 2.45) is 0 Å². The van der Waals surface area contributed by atoms with E-state index in [0.29, 0.717) is 29.0 Å². The van der Waals surface area contributed by atoms with Gasteiger partial charge in [-0.1, -0.05) is 30.3 Å². The number of benzene rings is 2. The van der Waals surface area contributed by atoms with Gasteiger partial charge in [0.2, 0.25) is 11.9 Å². The Bertz CT molecular complexity index is 1630. The second kappa shape index (κ2) is 11.4. The highest BCUT2D eigenvalue weighted by Gasteiger charge is 2.21. The van der Waals surface area contributed by atoms with Crippen molar-refractivity contribution >= 4 is 51.4 Å². The molecule has 4 aromatic rings. The fourth-order valence-corrected chi connectivity index (χ4v) is 5.84. The maximum atomic E-state index is 12.4. The monoisotopic (exact) mass is 571 g/mol. The molecule has 0 spiro atoms. The van der Waals surface area contributed by atoms with Crippen molar-refractivity contribution in [2.75, 3.05) is 55.4 Å². The third kappa shape index (κ3) is 5.47. The molecule has 0 unspecified atom stereocenters. The van der Waals surface area contributed by atoms with Crippen LogP contribution in [0.3, 0.4) is 0 Å². The number of likely N-dealkylation sites (tertiary alicyclic amines) is 1. The summed E-state index contributed by atoms with van der Waals surface area (Å²) in [5, 5.41) is 7.83. The number of ether oxygens (including phenoxy) is 1. The van der Waals surface area contributed by atoms with Crippen LogP contribution in [0.15, 0.2) is 55.4 Å². The Kier molecular flexibility index (Phi) is 7.55. The molecule has 0 atom stereocenters. The van der Waals surface area contributed by atoms with Gasteiger partial charge in [-0.15, -0.1) is 0 Å². The number of para-hydroxylation sites is 1. The van der Waals surface area contributed by atoms with Gasteiger partial charge in [-0.3, -0.25) is 4.79 Å². The molecule has 41 heavy (non-hydrogen) atoms. The molecule has 6 rings (SSSR count). The van der Waals surface area contributed by atoms with Crippen LogP contribution >= 0.6 is 11.6 Å². The first kappa shape index (κ1) is 27.1. The molecule has 2 aromatic heterocycles. The van der Waals surface area contributed by atoms with Gasteiger partial charge < -0.3 is 29.7 Å². The predicted molar refractivity (Wildman–Crippen MR) is 166 cm³/mol. The average molecular weight is 572 g/mol. The minimum atomic E-state index is -0.267. The molecule has 10 heteroatoms. The number of amides is 1. The van der Waals surface area contributed by atoms with Gasteiger partial charge in [-0.25, -0.2) is 9.97 Å². The number of carbonyl (C=O) groups is 1. The van der Waals surface area contributed by atoms with Gasteiger partial charge >= 0.3 is 0 Å². The normalized spacial score (nSPS) is 14.6. The molecular formula is C31H34ClN7O2. The molecule has 2 aliphatic rings. The zero-order chi connectivity index (χ0) is 28.5. The van der Waals surface area contributed by atoms with Crippen molar-refractivity contribution in [3.05, 3.63) is 66.0 Å². The minimum absolute atomic E-state index is 0.267. The summed E-state index contributed by atoms with van der Waals surface area (Å²) in [7, 11) is 2.06. The van der Waals surface area contributed by atoms with Crippen molar-refractivity contribution in [3.8, 4) is 17.0 Å². The number of likely N-dealkylation sites (N-methyl/N-ethyl adjacent to an activating group) is 1. The summed E-state index contributed by atoms with van der Waals surface area (Å²) in [5.41, 5.74) is 6.02. The summed E-state index contributed by atoms with van der Waals surface area (Å²) in [4.78, 5) is 26.3. The van der Waals surface area contributed by atoms with Gasteiger partial charge in [0, 0.05) is 43.0 Å². The third-order valence-electron chi connectivity index (χ3n) is 7.84. The predicted octanol–water partition coefficient (Wildman–Crippen LogP) is 5.85. The van der Waals surface area contributed by atoms with E-state index in [4.69, 9.17) is 21.3 Å². The van der Waals surface area contributed by atoms with Crippen LogP contribution in [0.2, 0.25) is 5.02 Å². The van der Waals surface area contributed by atoms with E-state index in [-0.39, 0.29) is 5.91 Å². The van der Waals surface area contributed by atoms with E-state index >= 15 is 0 Å². The van der Waals surface area contributed by atoms with E-state index in [1.807, 2.05) is 25.1 Å². The minimum Gasteiger partial charge on any atom is -0.490 e. The molecule has 2 aliphatic heterocycles. The van der Waals surface area contributed by atoms with Gasteiger partial charge in [-0.05, 0) is 62.7 Å². The maximum absolute atomic E-state index is 12.4. The standard InChI is InChI=1S/C31H34ClN7O2/c1-4-28(40)34-25-17-24(20(2)16-26(25)37(3)12-13-38-10-5-6-11-38)35-31-33-18-23(32)29(36-31)22-19-39-14-15-41-27-9-7-8-21(22)30(27)39/h4,7-9,16-19H,1,5-6,10-15H2,2-3H3,(H,34,40)(H,33,35,36). The quantitative estimate of drug-likeness (QED) is 0.244. The van der Waals surface area contributed by atoms with Gasteiger partial charge in [0.1, 0.15) is 12.4 Å². The highest BCUT2D eigenvalue weighted by molar-refractivity contribution is 6.33. The molecule has 0 radical (unpaired) electrons. The Hall–Kier alpha value is -4.08. The summed E-state index contributed by atoms with van der Waals surface area (Å²) in [5.74, 6) is 1.00. The average Bonchev–Trinajstić information content (AvgIpc) is 3.64. The lowest BCUT2D eigenvalue weighted by Gasteiger charge is -2.26. The lowest BCUT2D eigenvalue weighted by Crippen LogP contribution is -2.32. The highest BCUT2D eigenvalue weighted by Crippen LogP contribution is 2.39. The maximum Gasteiger partial charge on any atom is 0.247 e. The van der Waals surface area contributed by atoms with Crippen molar-refractivity contribution in [2.45, 2.75) is 26.3 Å². The first-order chi connectivity index (χ1) is 19.9. The number of nitrogens with zero attached hydrogens (tertiary/aromatic N) is 5. The van der Waals surface area contributed by atoms with Gasteiger partial charge in [0.25, 0.3) is 0 Å². The summed E-state index contributed by atoms with van der Waals surface area (Å²) < 4.78 is 8.05. The Morgan fingerprint density at radius 1 is 1.22 bits per heavy atom. The second-order valence-electron chi connectivity index (χ2n) is 10.6. The zero-order valence-electron chi connectivity index (χ0n) is 23.4. The van der Waals surface area contributed by atoms with Crippen LogP contribution < -0.4 is 20.3 Å². The van der Waals surface area contributed by atoms with Crippen molar-refractivity contribution in [1.29, 1.82) is 0 Å². The molecule has 0 bridgehead atoms. The largest absolute Gasteiger partial charge is 0.490 e. The molecule has 0 saturated carbocycles. The number of anilines is 4. The van der Waals surface area contributed by atoms with E-state index in [2.05, 4.69) is 61.9 Å². The number of carbonyl (C=O) groups excluding carboxylic acids is 1. The molecular weight excluding hydrogens is 538 g/mol. The Morgan fingerprint density at radius 2 is 2.05 bits per heavy atom. The smallest absolute Gasteiger partial charge is 0.247 e. The fourth-order valence-electron chi connectivity index (χ4n) is 5.64. The Morgan fingerprint density at radius 3 is 2.85 bits per heavy atom. The SMILES string of the molecule is C=CC(=O)Nc1cc(Nc2ncc(Cl)c(-c3cn4c5c(cccc35)OCC4)n2)c(C)cc1N(C)CCN1CCCC1. The van der Waals surface area contributed by atoms with Crippen LogP contribution in [0.5, 0.6) is 5.75 Å². The number of aryl methyl sites for hydroxylation is 1. The highest BCUT2D eigenvalue weighted by atomic mass is 35.5. The topological polar surface area (TPSA) is 87.5 Å². The van der Waals surface area contributed by atoms with E-state index in [9.17, 15) is 4.79 Å². The lowest BCUT2D eigenvalue weighted by molar-refractivity contribution is -0.111. The number of rotatable bonds is 9. The van der Waals surface area contributed by atoms with Crippen molar-refractivity contribution in [1.82, 2.24) is 19.4 Å². The zero-order valence-corrected chi connectivity index (χ0v) is 24.2. The Balaban J connectivity index is 1.31. The summed E-state index contributed by atoms with van der Waals surface area (Å²) in [6, 6.07) is 10.0. The van der Waals surface area contributed by atoms with E-state index in [1.165, 1.54) is 18.9 Å². The van der Waals surface area contributed by atoms with Gasteiger partial charge in [0.05, 0.1) is 40.3 Å². The van der Waals surface area contributed by atoms with Crippen molar-refractivity contribution in [3.63, 3.8) is 0 Å². The van der Waals surface area contributed by atoms with Gasteiger partial charge in [-0.2, -0.15) is 0 Å². The molecule has 9 nitrogen and oxygen atoms in total. The molecule has 1 saturated heterocycles. The second-order valence-corrected chi connectivity index (χ2v) is 11.0. The van der Waals surface area contributed by atoms with Crippen LogP contribution in [0, 0.1) is 6.92 Å². The molecule has 212 valence electrons. The first-order valence-electron chi connectivity index (χ1n) is 14.0. The Labute approximate surface area is 244 Å². The van der Waals surface area contributed by atoms with Gasteiger partial charge in [0.15, 0.2) is 0 Å². The fraction of sp³-hybridized carbons (Fsp3) is 0.323. The van der Waals surface area contributed by atoms with Crippen LogP contribution in [-0.4, -0.2) is 65.2 Å². The van der Waals surface area contributed by atoms with Crippen LogP contribution in [-0.2, 0) is 11.3 Å². The molecule has 1 amide bonds. The molecule has 4 heterocycles. The molecule has 0 aliphatic carbocycles. The van der Waals surface area contributed by atoms with E-state index < -0.39 is 0 Å². The van der Waals surface area contributed by atoms with Crippen LogP contribution in [0.25, 0.3) is 22.2 Å². The molecule has 2 N–H and O–H groups in total. The van der Waals surface area contributed by atoms with Crippen LogP contribution in [0.1, 0.15) is 18.4 Å². The summed E-state index contributed by atoms with van der Waals surface area (Å²) >= 11 is 6.64. The first-order valence-corrected chi connectivity index (χ1v) is 14.3. The summed E-state index contributed by atoms with van der Waals surface area (Å²) in [6.45, 7) is 11.2.